The van der Waals surface area contributed by atoms with E-state index < -0.39 is 5.60 Å². The number of nitrogens with one attached hydrogen (secondary N) is 1. The van der Waals surface area contributed by atoms with Gasteiger partial charge >= 0.3 is 0 Å². The lowest BCUT2D eigenvalue weighted by molar-refractivity contribution is -0.137. The summed E-state index contributed by atoms with van der Waals surface area (Å²) in [4.78, 5) is 14.0. The maximum atomic E-state index is 12.1. The Morgan fingerprint density at radius 2 is 2.06 bits per heavy atom. The molecule has 2 fully saturated rings. The minimum Gasteiger partial charge on any atom is -0.390 e. The fourth-order valence-corrected chi connectivity index (χ4v) is 2.49. The van der Waals surface area contributed by atoms with Crippen molar-refractivity contribution in [1.82, 2.24) is 10.2 Å². The average molecular weight is 226 g/mol. The summed E-state index contributed by atoms with van der Waals surface area (Å²) in [7, 11) is 0. The Balaban J connectivity index is 1.86. The Kier molecular flexibility index (Phi) is 3.50. The number of nitrogens with zero attached hydrogens (tertiary/aromatic N) is 1. The van der Waals surface area contributed by atoms with Crippen LogP contribution in [-0.2, 0) is 4.79 Å². The maximum Gasteiger partial charge on any atom is 0.239 e. The fourth-order valence-electron chi connectivity index (χ4n) is 2.49. The SMILES string of the molecule is CC1(O)CCN(C(=O)[C@@H]2CCCCN2)CC1. The lowest BCUT2D eigenvalue weighted by Gasteiger charge is -2.38. The van der Waals surface area contributed by atoms with Gasteiger partial charge in [0.1, 0.15) is 0 Å². The molecule has 0 aromatic rings. The van der Waals surface area contributed by atoms with Gasteiger partial charge in [0.2, 0.25) is 5.91 Å². The van der Waals surface area contributed by atoms with Crippen molar-refractivity contribution in [1.29, 1.82) is 0 Å². The molecule has 4 nitrogen and oxygen atoms in total. The van der Waals surface area contributed by atoms with Gasteiger partial charge in [0, 0.05) is 13.1 Å². The van der Waals surface area contributed by atoms with Crippen LogP contribution in [0.5, 0.6) is 0 Å². The summed E-state index contributed by atoms with van der Waals surface area (Å²) in [5, 5.41) is 13.1. The van der Waals surface area contributed by atoms with Crippen LogP contribution in [0.15, 0.2) is 0 Å². The molecule has 0 aliphatic carbocycles. The van der Waals surface area contributed by atoms with Gasteiger partial charge in [-0.2, -0.15) is 0 Å². The smallest absolute Gasteiger partial charge is 0.239 e. The van der Waals surface area contributed by atoms with Crippen LogP contribution in [0.1, 0.15) is 39.0 Å². The summed E-state index contributed by atoms with van der Waals surface area (Å²) in [6, 6.07) is 0.0248. The highest BCUT2D eigenvalue weighted by Gasteiger charge is 2.32. The number of carbonyl (C=O) groups is 1. The van der Waals surface area contributed by atoms with Crippen LogP contribution >= 0.6 is 0 Å². The molecule has 0 aromatic carbocycles. The van der Waals surface area contributed by atoms with Crippen LogP contribution in [0.2, 0.25) is 0 Å². The summed E-state index contributed by atoms with van der Waals surface area (Å²) in [6.07, 6.45) is 4.69. The van der Waals surface area contributed by atoms with E-state index in [9.17, 15) is 9.90 Å². The third-order valence-electron chi connectivity index (χ3n) is 3.76. The van der Waals surface area contributed by atoms with Crippen molar-refractivity contribution in [2.45, 2.75) is 50.7 Å². The lowest BCUT2D eigenvalue weighted by Crippen LogP contribution is -2.53. The molecule has 2 aliphatic heterocycles. The quantitative estimate of drug-likeness (QED) is 0.684. The molecule has 2 rings (SSSR count). The van der Waals surface area contributed by atoms with Gasteiger partial charge < -0.3 is 15.3 Å². The molecule has 16 heavy (non-hydrogen) atoms. The lowest BCUT2D eigenvalue weighted by atomic mass is 9.93. The van der Waals surface area contributed by atoms with Crippen molar-refractivity contribution in [3.05, 3.63) is 0 Å². The van der Waals surface area contributed by atoms with Crippen LogP contribution in [-0.4, -0.2) is 47.2 Å². The first kappa shape index (κ1) is 11.9. The number of rotatable bonds is 1. The van der Waals surface area contributed by atoms with E-state index in [1.54, 1.807) is 0 Å². The van der Waals surface area contributed by atoms with Crippen LogP contribution < -0.4 is 5.32 Å². The van der Waals surface area contributed by atoms with Crippen LogP contribution in [0, 0.1) is 0 Å². The molecule has 92 valence electrons. The number of amides is 1. The second kappa shape index (κ2) is 4.72. The first-order valence-electron chi connectivity index (χ1n) is 6.33. The van der Waals surface area contributed by atoms with Crippen molar-refractivity contribution >= 4 is 5.91 Å². The molecule has 0 bridgehead atoms. The average Bonchev–Trinajstić information content (AvgIpc) is 2.29. The molecule has 0 spiro atoms. The number of hydrogen-bond acceptors (Lipinski definition) is 3. The summed E-state index contributed by atoms with van der Waals surface area (Å²) in [6.45, 7) is 4.21. The van der Waals surface area contributed by atoms with Gasteiger partial charge in [-0.15, -0.1) is 0 Å². The summed E-state index contributed by atoms with van der Waals surface area (Å²) < 4.78 is 0. The summed E-state index contributed by atoms with van der Waals surface area (Å²) in [5.74, 6) is 0.232. The molecule has 0 unspecified atom stereocenters. The normalized spacial score (nSPS) is 30.1. The molecule has 2 heterocycles. The van der Waals surface area contributed by atoms with E-state index in [0.717, 1.165) is 19.4 Å². The van der Waals surface area contributed by atoms with Crippen LogP contribution in [0.25, 0.3) is 0 Å². The second-order valence-electron chi connectivity index (χ2n) is 5.32. The largest absolute Gasteiger partial charge is 0.390 e. The Bertz CT molecular complexity index is 250. The number of likely N-dealkylation sites (tertiary alicyclic amines) is 1. The molecule has 0 radical (unpaired) electrons. The Morgan fingerprint density at radius 1 is 1.38 bits per heavy atom. The minimum absolute atomic E-state index is 0.0248. The number of piperidine rings is 2. The first-order chi connectivity index (χ1) is 7.58. The van der Waals surface area contributed by atoms with E-state index in [-0.39, 0.29) is 11.9 Å². The van der Waals surface area contributed by atoms with Crippen molar-refractivity contribution in [3.63, 3.8) is 0 Å². The Morgan fingerprint density at radius 3 is 2.62 bits per heavy atom. The van der Waals surface area contributed by atoms with Crippen LogP contribution in [0.3, 0.4) is 0 Å². The Labute approximate surface area is 97.0 Å². The van der Waals surface area contributed by atoms with E-state index in [1.807, 2.05) is 11.8 Å². The van der Waals surface area contributed by atoms with Gasteiger partial charge in [-0.1, -0.05) is 6.42 Å². The fraction of sp³-hybridized carbons (Fsp3) is 0.917. The van der Waals surface area contributed by atoms with E-state index in [0.29, 0.717) is 25.9 Å². The molecule has 0 saturated carbocycles. The van der Waals surface area contributed by atoms with E-state index >= 15 is 0 Å². The van der Waals surface area contributed by atoms with Crippen molar-refractivity contribution < 1.29 is 9.90 Å². The molecular weight excluding hydrogens is 204 g/mol. The van der Waals surface area contributed by atoms with Gasteiger partial charge in [0.25, 0.3) is 0 Å². The topological polar surface area (TPSA) is 52.6 Å². The second-order valence-corrected chi connectivity index (χ2v) is 5.32. The molecule has 1 atom stereocenters. The molecular formula is C12H22N2O2. The predicted octanol–water partition coefficient (Wildman–Crippen LogP) is 0.502. The number of aliphatic hydroxyl groups is 1. The van der Waals surface area contributed by atoms with Crippen molar-refractivity contribution in [2.24, 2.45) is 0 Å². The number of carbonyl (C=O) groups excluding carboxylic acids is 1. The van der Waals surface area contributed by atoms with Crippen molar-refractivity contribution in [3.8, 4) is 0 Å². The predicted molar refractivity (Wildman–Crippen MR) is 62.1 cm³/mol. The van der Waals surface area contributed by atoms with Gasteiger partial charge in [0.05, 0.1) is 11.6 Å². The molecule has 2 aliphatic rings. The highest BCUT2D eigenvalue weighted by Crippen LogP contribution is 2.22. The zero-order valence-corrected chi connectivity index (χ0v) is 10.0. The van der Waals surface area contributed by atoms with Gasteiger partial charge in [-0.3, -0.25) is 4.79 Å². The van der Waals surface area contributed by atoms with E-state index in [4.69, 9.17) is 0 Å². The van der Waals surface area contributed by atoms with Crippen molar-refractivity contribution in [2.75, 3.05) is 19.6 Å². The third-order valence-corrected chi connectivity index (χ3v) is 3.76. The maximum absolute atomic E-state index is 12.1. The zero-order valence-electron chi connectivity index (χ0n) is 10.0. The number of hydrogen-bond donors (Lipinski definition) is 2. The van der Waals surface area contributed by atoms with Gasteiger partial charge in [-0.25, -0.2) is 0 Å². The molecule has 2 N–H and O–H groups in total. The standard InChI is InChI=1S/C12H22N2O2/c1-12(16)5-8-14(9-6-12)11(15)10-4-2-3-7-13-10/h10,13,16H,2-9H2,1H3/t10-/m0/s1. The molecule has 1 amide bonds. The van der Waals surface area contributed by atoms with E-state index in [2.05, 4.69) is 5.32 Å². The third kappa shape index (κ3) is 2.74. The van der Waals surface area contributed by atoms with E-state index in [1.165, 1.54) is 6.42 Å². The first-order valence-corrected chi connectivity index (χ1v) is 6.33. The monoisotopic (exact) mass is 226 g/mol. The summed E-state index contributed by atoms with van der Waals surface area (Å²) in [5.41, 5.74) is -0.573. The minimum atomic E-state index is -0.573. The molecule has 2 saturated heterocycles. The summed E-state index contributed by atoms with van der Waals surface area (Å²) >= 11 is 0. The Hall–Kier alpha value is -0.610. The highest BCUT2D eigenvalue weighted by atomic mass is 16.3. The highest BCUT2D eigenvalue weighted by molar-refractivity contribution is 5.82. The zero-order chi connectivity index (χ0) is 11.6. The van der Waals surface area contributed by atoms with Gasteiger partial charge in [-0.05, 0) is 39.2 Å². The molecule has 0 aromatic heterocycles. The van der Waals surface area contributed by atoms with Crippen LogP contribution in [0.4, 0.5) is 0 Å². The van der Waals surface area contributed by atoms with Gasteiger partial charge in [0.15, 0.2) is 0 Å². The molecule has 4 heteroatoms.